The summed E-state index contributed by atoms with van der Waals surface area (Å²) in [6, 6.07) is -1.31. The van der Waals surface area contributed by atoms with Gasteiger partial charge < -0.3 is 9.47 Å². The zero-order valence-electron chi connectivity index (χ0n) is 3.89. The molecule has 4 heteroatoms. The van der Waals surface area contributed by atoms with Gasteiger partial charge in [-0.1, -0.05) is 0 Å². The molecule has 0 aliphatic carbocycles. The summed E-state index contributed by atoms with van der Waals surface area (Å²) in [5.74, 6) is 0. The van der Waals surface area contributed by atoms with Crippen LogP contribution in [-0.4, -0.2) is 19.2 Å². The van der Waals surface area contributed by atoms with E-state index in [0.717, 1.165) is 0 Å². The molecule has 1 fully saturated rings. The predicted molar refractivity (Wildman–Crippen MR) is 23.0 cm³/mol. The highest BCUT2D eigenvalue weighted by atomic mass is 16.8. The molecule has 1 rings (SSSR count). The highest BCUT2D eigenvalue weighted by molar-refractivity contribution is 4.54. The Hall–Kier alpha value is -0.160. The van der Waals surface area contributed by atoms with Crippen LogP contribution in [0.25, 0.3) is 0 Å². The van der Waals surface area contributed by atoms with E-state index >= 15 is 0 Å². The first-order valence-corrected chi connectivity index (χ1v) is 2.06. The van der Waals surface area contributed by atoms with E-state index in [-0.39, 0.29) is 0 Å². The fourth-order valence-corrected chi connectivity index (χ4v) is 0.444. The third kappa shape index (κ3) is 1.10. The first-order chi connectivity index (χ1) is 3.21. The standard InChI is InChI=1S/C3H8N2O2/c4-3(5)6-1-2-7-3/h1-2,4-5H2. The van der Waals surface area contributed by atoms with Crippen molar-refractivity contribution in [2.45, 2.75) is 6.03 Å². The van der Waals surface area contributed by atoms with Gasteiger partial charge in [0.25, 0.3) is 6.03 Å². The molecule has 0 aromatic heterocycles. The molecule has 42 valence electrons. The zero-order valence-corrected chi connectivity index (χ0v) is 3.89. The summed E-state index contributed by atoms with van der Waals surface area (Å²) in [6.45, 7) is 0.986. The van der Waals surface area contributed by atoms with Crippen molar-refractivity contribution in [2.75, 3.05) is 13.2 Å². The van der Waals surface area contributed by atoms with Gasteiger partial charge in [-0.05, 0) is 0 Å². The van der Waals surface area contributed by atoms with E-state index in [9.17, 15) is 0 Å². The smallest absolute Gasteiger partial charge is 0.286 e. The van der Waals surface area contributed by atoms with Gasteiger partial charge in [0.2, 0.25) is 0 Å². The second-order valence-electron chi connectivity index (χ2n) is 1.42. The molecule has 0 amide bonds. The van der Waals surface area contributed by atoms with Crippen molar-refractivity contribution >= 4 is 0 Å². The third-order valence-corrected chi connectivity index (χ3v) is 0.739. The summed E-state index contributed by atoms with van der Waals surface area (Å²) < 4.78 is 9.35. The van der Waals surface area contributed by atoms with Gasteiger partial charge in [-0.25, -0.2) is 0 Å². The topological polar surface area (TPSA) is 70.5 Å². The van der Waals surface area contributed by atoms with Crippen LogP contribution in [0, 0.1) is 0 Å². The van der Waals surface area contributed by atoms with E-state index in [1.165, 1.54) is 0 Å². The Morgan fingerprint density at radius 2 is 1.57 bits per heavy atom. The van der Waals surface area contributed by atoms with E-state index in [1.807, 2.05) is 0 Å². The Labute approximate surface area is 41.4 Å². The molecular weight excluding hydrogens is 96.0 g/mol. The van der Waals surface area contributed by atoms with Crippen molar-refractivity contribution in [3.8, 4) is 0 Å². The van der Waals surface area contributed by atoms with Crippen molar-refractivity contribution in [3.05, 3.63) is 0 Å². The Morgan fingerprint density at radius 1 is 1.14 bits per heavy atom. The first-order valence-electron chi connectivity index (χ1n) is 2.06. The number of nitrogens with two attached hydrogens (primary N) is 2. The van der Waals surface area contributed by atoms with Gasteiger partial charge in [-0.3, -0.25) is 11.5 Å². The predicted octanol–water partition coefficient (Wildman–Crippen LogP) is -1.44. The van der Waals surface area contributed by atoms with Gasteiger partial charge in [0, 0.05) is 0 Å². The summed E-state index contributed by atoms with van der Waals surface area (Å²) in [7, 11) is 0. The quantitative estimate of drug-likeness (QED) is 0.369. The minimum atomic E-state index is -1.31. The van der Waals surface area contributed by atoms with E-state index in [2.05, 4.69) is 9.47 Å². The normalized spacial score (nSPS) is 28.3. The maximum absolute atomic E-state index is 5.11. The maximum Gasteiger partial charge on any atom is 0.286 e. The van der Waals surface area contributed by atoms with E-state index in [1.54, 1.807) is 0 Å². The number of rotatable bonds is 0. The molecule has 1 aliphatic rings. The van der Waals surface area contributed by atoms with E-state index < -0.39 is 6.03 Å². The second-order valence-corrected chi connectivity index (χ2v) is 1.42. The van der Waals surface area contributed by atoms with Crippen molar-refractivity contribution in [2.24, 2.45) is 11.5 Å². The van der Waals surface area contributed by atoms with Crippen LogP contribution in [0.3, 0.4) is 0 Å². The molecule has 1 saturated heterocycles. The molecule has 0 radical (unpaired) electrons. The highest BCUT2D eigenvalue weighted by Gasteiger charge is 2.25. The second kappa shape index (κ2) is 1.41. The van der Waals surface area contributed by atoms with Crippen molar-refractivity contribution in [3.63, 3.8) is 0 Å². The van der Waals surface area contributed by atoms with Gasteiger partial charge in [0.1, 0.15) is 0 Å². The largest absolute Gasteiger partial charge is 0.323 e. The average molecular weight is 104 g/mol. The van der Waals surface area contributed by atoms with Crippen LogP contribution < -0.4 is 11.5 Å². The van der Waals surface area contributed by atoms with Crippen LogP contribution in [0.2, 0.25) is 0 Å². The van der Waals surface area contributed by atoms with Crippen molar-refractivity contribution in [1.29, 1.82) is 0 Å². The van der Waals surface area contributed by atoms with Gasteiger partial charge >= 0.3 is 0 Å². The fraction of sp³-hybridized carbons (Fsp3) is 1.00. The highest BCUT2D eigenvalue weighted by Crippen LogP contribution is 2.02. The van der Waals surface area contributed by atoms with Gasteiger partial charge in [0.15, 0.2) is 0 Å². The molecule has 4 N–H and O–H groups in total. The van der Waals surface area contributed by atoms with Crippen LogP contribution in [0.5, 0.6) is 0 Å². The Bertz CT molecular complexity index is 65.3. The summed E-state index contributed by atoms with van der Waals surface area (Å²) in [5, 5.41) is 0. The van der Waals surface area contributed by atoms with Crippen molar-refractivity contribution in [1.82, 2.24) is 0 Å². The molecule has 1 aliphatic heterocycles. The lowest BCUT2D eigenvalue weighted by Gasteiger charge is -2.13. The Balaban J connectivity index is 2.40. The monoisotopic (exact) mass is 104 g/mol. The van der Waals surface area contributed by atoms with Gasteiger partial charge in [-0.2, -0.15) is 0 Å². The van der Waals surface area contributed by atoms with E-state index in [0.29, 0.717) is 13.2 Å². The number of ether oxygens (including phenoxy) is 2. The minimum Gasteiger partial charge on any atom is -0.323 e. The summed E-state index contributed by atoms with van der Waals surface area (Å²) >= 11 is 0. The van der Waals surface area contributed by atoms with E-state index in [4.69, 9.17) is 11.5 Å². The molecule has 0 saturated carbocycles. The molecule has 0 bridgehead atoms. The lowest BCUT2D eigenvalue weighted by molar-refractivity contribution is -0.146. The zero-order chi connectivity index (χ0) is 5.33. The third-order valence-electron chi connectivity index (χ3n) is 0.739. The lowest BCUT2D eigenvalue weighted by atomic mass is 10.8. The van der Waals surface area contributed by atoms with Crippen LogP contribution in [0.15, 0.2) is 0 Å². The molecular formula is C3H8N2O2. The SMILES string of the molecule is NC1(N)OCCO1. The molecule has 0 spiro atoms. The van der Waals surface area contributed by atoms with Crippen LogP contribution in [0.4, 0.5) is 0 Å². The van der Waals surface area contributed by atoms with Gasteiger partial charge in [0.05, 0.1) is 13.2 Å². The van der Waals surface area contributed by atoms with Crippen LogP contribution >= 0.6 is 0 Å². The Kier molecular flexibility index (Phi) is 1.01. The van der Waals surface area contributed by atoms with Crippen LogP contribution in [-0.2, 0) is 9.47 Å². The molecule has 0 atom stereocenters. The molecule has 4 nitrogen and oxygen atoms in total. The summed E-state index contributed by atoms with van der Waals surface area (Å²) in [6.07, 6.45) is 0. The summed E-state index contributed by atoms with van der Waals surface area (Å²) in [4.78, 5) is 0. The number of hydrogen-bond acceptors (Lipinski definition) is 4. The van der Waals surface area contributed by atoms with Crippen LogP contribution in [0.1, 0.15) is 0 Å². The molecule has 0 aromatic carbocycles. The molecule has 7 heavy (non-hydrogen) atoms. The lowest BCUT2D eigenvalue weighted by Crippen LogP contribution is -2.50. The van der Waals surface area contributed by atoms with Crippen molar-refractivity contribution < 1.29 is 9.47 Å². The average Bonchev–Trinajstić information content (AvgIpc) is 1.84. The fourth-order valence-electron chi connectivity index (χ4n) is 0.444. The molecule has 0 unspecified atom stereocenters. The molecule has 1 heterocycles. The maximum atomic E-state index is 5.11. The Morgan fingerprint density at radius 3 is 1.71 bits per heavy atom. The first kappa shape index (κ1) is 4.99. The minimum absolute atomic E-state index is 0.493. The number of hydrogen-bond donors (Lipinski definition) is 2. The summed E-state index contributed by atoms with van der Waals surface area (Å²) in [5.41, 5.74) is 10.2. The molecule has 0 aromatic rings. The van der Waals surface area contributed by atoms with Gasteiger partial charge in [-0.15, -0.1) is 0 Å².